The van der Waals surface area contributed by atoms with Crippen LogP contribution in [0.5, 0.6) is 5.75 Å². The van der Waals surface area contributed by atoms with Gasteiger partial charge < -0.3 is 19.9 Å². The third kappa shape index (κ3) is 3.83. The highest BCUT2D eigenvalue weighted by Gasteiger charge is 2.19. The van der Waals surface area contributed by atoms with Crippen LogP contribution in [0.1, 0.15) is 28.4 Å². The Morgan fingerprint density at radius 1 is 1.53 bits per heavy atom. The standard InChI is InChI=1S/C13H17NO4.ClH/c1-17-12-4-3-9(13(15)16)7-10(12)11-8-18-6-2-5-14-11;/h3-4,7,11,14H,2,5-6,8H2,1H3,(H,15,16);1H/t11-;/m0./s1. The first-order valence-electron chi connectivity index (χ1n) is 5.94. The maximum Gasteiger partial charge on any atom is 0.335 e. The SMILES string of the molecule is COc1ccc(C(=O)O)cc1[C@@H]1COCCCN1.Cl. The molecule has 0 bridgehead atoms. The molecule has 0 aliphatic carbocycles. The fourth-order valence-corrected chi connectivity index (χ4v) is 2.05. The molecule has 2 rings (SSSR count). The van der Waals surface area contributed by atoms with Crippen molar-refractivity contribution < 1.29 is 19.4 Å². The summed E-state index contributed by atoms with van der Waals surface area (Å²) in [5, 5.41) is 12.4. The van der Waals surface area contributed by atoms with E-state index in [1.807, 2.05) is 0 Å². The number of aromatic carboxylic acids is 1. The van der Waals surface area contributed by atoms with Gasteiger partial charge in [0.2, 0.25) is 0 Å². The Morgan fingerprint density at radius 2 is 2.32 bits per heavy atom. The van der Waals surface area contributed by atoms with Gasteiger partial charge in [0.25, 0.3) is 0 Å². The molecule has 1 atom stereocenters. The van der Waals surface area contributed by atoms with Gasteiger partial charge in [0.05, 0.1) is 25.3 Å². The van der Waals surface area contributed by atoms with Crippen molar-refractivity contribution in [1.29, 1.82) is 0 Å². The number of halogens is 1. The molecule has 1 aliphatic rings. The minimum atomic E-state index is -0.937. The molecule has 6 heteroatoms. The van der Waals surface area contributed by atoms with E-state index in [2.05, 4.69) is 5.32 Å². The molecule has 1 saturated heterocycles. The minimum Gasteiger partial charge on any atom is -0.496 e. The number of ether oxygens (including phenoxy) is 2. The van der Waals surface area contributed by atoms with Crippen LogP contribution in [0.3, 0.4) is 0 Å². The maximum atomic E-state index is 11.0. The molecule has 1 aromatic rings. The molecule has 1 heterocycles. The van der Waals surface area contributed by atoms with Gasteiger partial charge in [-0.1, -0.05) is 0 Å². The number of benzene rings is 1. The summed E-state index contributed by atoms with van der Waals surface area (Å²) in [6, 6.07) is 4.85. The average Bonchev–Trinajstić information content (AvgIpc) is 2.66. The van der Waals surface area contributed by atoms with E-state index in [4.69, 9.17) is 14.6 Å². The second kappa shape index (κ2) is 7.33. The summed E-state index contributed by atoms with van der Waals surface area (Å²) in [4.78, 5) is 11.0. The first-order valence-corrected chi connectivity index (χ1v) is 5.94. The van der Waals surface area contributed by atoms with Gasteiger partial charge in [-0.25, -0.2) is 4.79 Å². The molecule has 1 fully saturated rings. The Bertz CT molecular complexity index is 431. The number of carbonyl (C=O) groups is 1. The van der Waals surface area contributed by atoms with Crippen molar-refractivity contribution in [2.45, 2.75) is 12.5 Å². The van der Waals surface area contributed by atoms with Crippen molar-refractivity contribution >= 4 is 18.4 Å². The molecule has 106 valence electrons. The van der Waals surface area contributed by atoms with Crippen molar-refractivity contribution in [2.75, 3.05) is 26.9 Å². The highest BCUT2D eigenvalue weighted by molar-refractivity contribution is 5.88. The smallest absolute Gasteiger partial charge is 0.335 e. The number of carboxylic acids is 1. The zero-order valence-corrected chi connectivity index (χ0v) is 11.5. The molecule has 0 saturated carbocycles. The Labute approximate surface area is 118 Å². The summed E-state index contributed by atoms with van der Waals surface area (Å²) in [5.41, 5.74) is 1.09. The highest BCUT2D eigenvalue weighted by atomic mass is 35.5. The van der Waals surface area contributed by atoms with Crippen LogP contribution in [0.15, 0.2) is 18.2 Å². The number of methoxy groups -OCH3 is 1. The van der Waals surface area contributed by atoms with Gasteiger partial charge in [-0.15, -0.1) is 12.4 Å². The van der Waals surface area contributed by atoms with Crippen molar-refractivity contribution in [2.24, 2.45) is 0 Å². The number of carboxylic acid groups (broad SMARTS) is 1. The highest BCUT2D eigenvalue weighted by Crippen LogP contribution is 2.27. The second-order valence-electron chi connectivity index (χ2n) is 4.20. The topological polar surface area (TPSA) is 67.8 Å². The van der Waals surface area contributed by atoms with Gasteiger partial charge >= 0.3 is 5.97 Å². The first kappa shape index (κ1) is 15.8. The minimum absolute atomic E-state index is 0. The second-order valence-corrected chi connectivity index (χ2v) is 4.20. The monoisotopic (exact) mass is 287 g/mol. The third-order valence-corrected chi connectivity index (χ3v) is 2.99. The van der Waals surface area contributed by atoms with E-state index in [-0.39, 0.29) is 24.0 Å². The quantitative estimate of drug-likeness (QED) is 0.888. The lowest BCUT2D eigenvalue weighted by Crippen LogP contribution is -2.24. The Morgan fingerprint density at radius 3 is 3.00 bits per heavy atom. The summed E-state index contributed by atoms with van der Waals surface area (Å²) in [5.74, 6) is -0.253. The largest absolute Gasteiger partial charge is 0.496 e. The molecule has 1 aliphatic heterocycles. The van der Waals surface area contributed by atoms with Gasteiger partial charge in [-0.2, -0.15) is 0 Å². The van der Waals surface area contributed by atoms with Crippen molar-refractivity contribution in [3.63, 3.8) is 0 Å². The molecule has 0 unspecified atom stereocenters. The summed E-state index contributed by atoms with van der Waals surface area (Å²) in [6.45, 7) is 2.11. The molecule has 0 radical (unpaired) electrons. The molecular weight excluding hydrogens is 270 g/mol. The normalized spacial score (nSPS) is 19.1. The van der Waals surface area contributed by atoms with Crippen LogP contribution in [-0.4, -0.2) is 37.9 Å². The summed E-state index contributed by atoms with van der Waals surface area (Å²) < 4.78 is 10.8. The first-order chi connectivity index (χ1) is 8.72. The number of nitrogens with one attached hydrogen (secondary N) is 1. The van der Waals surface area contributed by atoms with E-state index in [9.17, 15) is 4.79 Å². The zero-order chi connectivity index (χ0) is 13.0. The van der Waals surface area contributed by atoms with E-state index in [0.29, 0.717) is 12.4 Å². The summed E-state index contributed by atoms with van der Waals surface area (Å²) in [6.07, 6.45) is 0.956. The lowest BCUT2D eigenvalue weighted by molar-refractivity contribution is 0.0696. The van der Waals surface area contributed by atoms with Crippen LogP contribution in [-0.2, 0) is 4.74 Å². The van der Waals surface area contributed by atoms with Crippen LogP contribution in [0.25, 0.3) is 0 Å². The van der Waals surface area contributed by atoms with Crippen molar-refractivity contribution in [3.05, 3.63) is 29.3 Å². The zero-order valence-electron chi connectivity index (χ0n) is 10.7. The summed E-state index contributed by atoms with van der Waals surface area (Å²) >= 11 is 0. The molecular formula is C13H18ClNO4. The summed E-state index contributed by atoms with van der Waals surface area (Å²) in [7, 11) is 1.58. The van der Waals surface area contributed by atoms with E-state index in [1.54, 1.807) is 25.3 Å². The molecule has 0 aromatic heterocycles. The van der Waals surface area contributed by atoms with E-state index >= 15 is 0 Å². The molecule has 1 aromatic carbocycles. The average molecular weight is 288 g/mol. The predicted molar refractivity (Wildman–Crippen MR) is 73.4 cm³/mol. The molecule has 2 N–H and O–H groups in total. The molecule has 19 heavy (non-hydrogen) atoms. The van der Waals surface area contributed by atoms with E-state index < -0.39 is 5.97 Å². The lowest BCUT2D eigenvalue weighted by atomic mass is 10.0. The Kier molecular flexibility index (Phi) is 6.08. The van der Waals surface area contributed by atoms with Gasteiger partial charge in [0.15, 0.2) is 0 Å². The molecule has 0 spiro atoms. The third-order valence-electron chi connectivity index (χ3n) is 2.99. The maximum absolute atomic E-state index is 11.0. The van der Waals surface area contributed by atoms with Crippen LogP contribution >= 0.6 is 12.4 Å². The van der Waals surface area contributed by atoms with Gasteiger partial charge in [-0.3, -0.25) is 0 Å². The number of hydrogen-bond donors (Lipinski definition) is 2. The van der Waals surface area contributed by atoms with Crippen LogP contribution < -0.4 is 10.1 Å². The van der Waals surface area contributed by atoms with Crippen molar-refractivity contribution in [1.82, 2.24) is 5.32 Å². The van der Waals surface area contributed by atoms with Gasteiger partial charge in [0.1, 0.15) is 5.75 Å². The van der Waals surface area contributed by atoms with Crippen molar-refractivity contribution in [3.8, 4) is 5.75 Å². The number of rotatable bonds is 3. The van der Waals surface area contributed by atoms with Crippen LogP contribution in [0.4, 0.5) is 0 Å². The van der Waals surface area contributed by atoms with Crippen LogP contribution in [0, 0.1) is 0 Å². The number of hydrogen-bond acceptors (Lipinski definition) is 4. The Balaban J connectivity index is 0.00000180. The van der Waals surface area contributed by atoms with E-state index in [0.717, 1.165) is 25.1 Å². The van der Waals surface area contributed by atoms with Crippen LogP contribution in [0.2, 0.25) is 0 Å². The lowest BCUT2D eigenvalue weighted by Gasteiger charge is -2.19. The van der Waals surface area contributed by atoms with E-state index in [1.165, 1.54) is 0 Å². The fraction of sp³-hybridized carbons (Fsp3) is 0.462. The molecule has 0 amide bonds. The molecule has 5 nitrogen and oxygen atoms in total. The Hall–Kier alpha value is -1.30. The van der Waals surface area contributed by atoms with Gasteiger partial charge in [-0.05, 0) is 31.2 Å². The van der Waals surface area contributed by atoms with Gasteiger partial charge in [0, 0.05) is 12.2 Å². The predicted octanol–water partition coefficient (Wildman–Crippen LogP) is 1.87. The fourth-order valence-electron chi connectivity index (χ4n) is 2.05.